The van der Waals surface area contributed by atoms with E-state index in [1.54, 1.807) is 6.33 Å². The molecule has 0 aliphatic rings. The maximum atomic E-state index is 12.0. The van der Waals surface area contributed by atoms with E-state index in [9.17, 15) is 4.79 Å². The molecular weight excluding hydrogens is 240 g/mol. The Balaban J connectivity index is 2.40. The van der Waals surface area contributed by atoms with Gasteiger partial charge in [-0.1, -0.05) is 0 Å². The van der Waals surface area contributed by atoms with Crippen molar-refractivity contribution in [3.8, 4) is 0 Å². The highest BCUT2D eigenvalue weighted by Gasteiger charge is 2.19. The van der Waals surface area contributed by atoms with Crippen LogP contribution in [0.3, 0.4) is 0 Å². The van der Waals surface area contributed by atoms with E-state index < -0.39 is 0 Å². The minimum atomic E-state index is -0.366. The molecular formula is C15H20N2O2. The van der Waals surface area contributed by atoms with Crippen molar-refractivity contribution in [2.75, 3.05) is 0 Å². The SMILES string of the molecule is Cc1cc2ncn([C@@H](C)C(=O)OC(C)C)c2cc1C. The number of aromatic nitrogens is 2. The number of carbonyl (C=O) groups excluding carboxylic acids is 1. The van der Waals surface area contributed by atoms with Crippen molar-refractivity contribution in [3.05, 3.63) is 29.6 Å². The van der Waals surface area contributed by atoms with Gasteiger partial charge in [0.2, 0.25) is 0 Å². The van der Waals surface area contributed by atoms with Gasteiger partial charge in [-0.05, 0) is 57.9 Å². The van der Waals surface area contributed by atoms with Gasteiger partial charge in [-0.15, -0.1) is 0 Å². The lowest BCUT2D eigenvalue weighted by atomic mass is 10.1. The van der Waals surface area contributed by atoms with Gasteiger partial charge in [0, 0.05) is 0 Å². The van der Waals surface area contributed by atoms with Gasteiger partial charge in [-0.3, -0.25) is 0 Å². The van der Waals surface area contributed by atoms with E-state index in [1.165, 1.54) is 11.1 Å². The Bertz CT molecular complexity index is 614. The summed E-state index contributed by atoms with van der Waals surface area (Å²) in [6.45, 7) is 9.66. The average Bonchev–Trinajstić information content (AvgIpc) is 2.70. The standard InChI is InChI=1S/C15H20N2O2/c1-9(2)19-15(18)12(5)17-8-16-13-6-10(3)11(4)7-14(13)17/h6-9,12H,1-5H3/t12-/m0/s1. The molecule has 0 fully saturated rings. The van der Waals surface area contributed by atoms with Crippen LogP contribution in [0.15, 0.2) is 18.5 Å². The largest absolute Gasteiger partial charge is 0.461 e. The zero-order valence-corrected chi connectivity index (χ0v) is 12.1. The van der Waals surface area contributed by atoms with Gasteiger partial charge in [0.1, 0.15) is 6.04 Å². The fourth-order valence-corrected chi connectivity index (χ4v) is 2.04. The van der Waals surface area contributed by atoms with E-state index in [2.05, 4.69) is 24.9 Å². The molecule has 102 valence electrons. The van der Waals surface area contributed by atoms with Crippen LogP contribution in [0, 0.1) is 13.8 Å². The molecule has 0 bridgehead atoms. The van der Waals surface area contributed by atoms with Crippen LogP contribution in [0.1, 0.15) is 37.9 Å². The molecule has 1 atom stereocenters. The van der Waals surface area contributed by atoms with Crippen LogP contribution in [0.2, 0.25) is 0 Å². The average molecular weight is 260 g/mol. The van der Waals surface area contributed by atoms with Crippen molar-refractivity contribution in [1.82, 2.24) is 9.55 Å². The zero-order valence-electron chi connectivity index (χ0n) is 12.1. The van der Waals surface area contributed by atoms with Gasteiger partial charge in [0.25, 0.3) is 0 Å². The lowest BCUT2D eigenvalue weighted by molar-refractivity contribution is -0.150. The predicted molar refractivity (Wildman–Crippen MR) is 75.1 cm³/mol. The molecule has 1 aromatic heterocycles. The van der Waals surface area contributed by atoms with Gasteiger partial charge >= 0.3 is 5.97 Å². The molecule has 0 radical (unpaired) electrons. The zero-order chi connectivity index (χ0) is 14.2. The van der Waals surface area contributed by atoms with Crippen LogP contribution in [-0.4, -0.2) is 21.6 Å². The quantitative estimate of drug-likeness (QED) is 0.796. The number of carbonyl (C=O) groups is 1. The monoisotopic (exact) mass is 260 g/mol. The Morgan fingerprint density at radius 2 is 1.84 bits per heavy atom. The second-order valence-electron chi connectivity index (χ2n) is 5.24. The second-order valence-corrected chi connectivity index (χ2v) is 5.24. The van der Waals surface area contributed by atoms with Crippen molar-refractivity contribution in [3.63, 3.8) is 0 Å². The Morgan fingerprint density at radius 3 is 2.47 bits per heavy atom. The molecule has 0 aliphatic carbocycles. The van der Waals surface area contributed by atoms with E-state index in [0.29, 0.717) is 0 Å². The van der Waals surface area contributed by atoms with Gasteiger partial charge in [-0.25, -0.2) is 9.78 Å². The first-order valence-electron chi connectivity index (χ1n) is 6.54. The third kappa shape index (κ3) is 2.62. The molecule has 0 amide bonds. The Labute approximate surface area is 113 Å². The highest BCUT2D eigenvalue weighted by atomic mass is 16.5. The summed E-state index contributed by atoms with van der Waals surface area (Å²) in [5.41, 5.74) is 4.28. The highest BCUT2D eigenvalue weighted by molar-refractivity contribution is 5.81. The molecule has 2 rings (SSSR count). The molecule has 0 saturated heterocycles. The Hall–Kier alpha value is -1.84. The summed E-state index contributed by atoms with van der Waals surface area (Å²) < 4.78 is 7.12. The molecule has 0 spiro atoms. The Morgan fingerprint density at radius 1 is 1.21 bits per heavy atom. The lowest BCUT2D eigenvalue weighted by Crippen LogP contribution is -2.21. The maximum absolute atomic E-state index is 12.0. The summed E-state index contributed by atoms with van der Waals surface area (Å²) in [5.74, 6) is -0.229. The summed E-state index contributed by atoms with van der Waals surface area (Å²) in [7, 11) is 0. The summed E-state index contributed by atoms with van der Waals surface area (Å²) in [4.78, 5) is 16.3. The van der Waals surface area contributed by atoms with E-state index in [1.807, 2.05) is 31.4 Å². The number of hydrogen-bond donors (Lipinski definition) is 0. The molecule has 0 aliphatic heterocycles. The van der Waals surface area contributed by atoms with Gasteiger partial charge in [-0.2, -0.15) is 0 Å². The molecule has 1 aromatic carbocycles. The van der Waals surface area contributed by atoms with E-state index in [4.69, 9.17) is 4.74 Å². The van der Waals surface area contributed by atoms with E-state index in [0.717, 1.165) is 11.0 Å². The minimum absolute atomic E-state index is 0.103. The van der Waals surface area contributed by atoms with Crippen molar-refractivity contribution < 1.29 is 9.53 Å². The lowest BCUT2D eigenvalue weighted by Gasteiger charge is -2.16. The number of fused-ring (bicyclic) bond motifs is 1. The van der Waals surface area contributed by atoms with Crippen molar-refractivity contribution in [2.45, 2.75) is 46.8 Å². The smallest absolute Gasteiger partial charge is 0.329 e. The minimum Gasteiger partial charge on any atom is -0.461 e. The summed E-state index contributed by atoms with van der Waals surface area (Å²) in [6, 6.07) is 3.74. The van der Waals surface area contributed by atoms with Crippen LogP contribution in [0.25, 0.3) is 11.0 Å². The summed E-state index contributed by atoms with van der Waals surface area (Å²) in [5, 5.41) is 0. The first-order valence-corrected chi connectivity index (χ1v) is 6.54. The number of ether oxygens (including phenoxy) is 1. The molecule has 0 N–H and O–H groups in total. The van der Waals surface area contributed by atoms with Gasteiger partial charge in [0.15, 0.2) is 0 Å². The second kappa shape index (κ2) is 5.03. The third-order valence-electron chi connectivity index (χ3n) is 3.30. The topological polar surface area (TPSA) is 44.1 Å². The third-order valence-corrected chi connectivity index (χ3v) is 3.30. The highest BCUT2D eigenvalue weighted by Crippen LogP contribution is 2.22. The van der Waals surface area contributed by atoms with Crippen molar-refractivity contribution in [1.29, 1.82) is 0 Å². The molecule has 4 nitrogen and oxygen atoms in total. The Kier molecular flexibility index (Phi) is 3.60. The molecule has 0 saturated carbocycles. The maximum Gasteiger partial charge on any atom is 0.329 e. The molecule has 4 heteroatoms. The van der Waals surface area contributed by atoms with Crippen molar-refractivity contribution >= 4 is 17.0 Å². The first kappa shape index (κ1) is 13.6. The molecule has 2 aromatic rings. The van der Waals surface area contributed by atoms with Gasteiger partial charge < -0.3 is 9.30 Å². The summed E-state index contributed by atoms with van der Waals surface area (Å²) >= 11 is 0. The van der Waals surface area contributed by atoms with E-state index in [-0.39, 0.29) is 18.1 Å². The number of imidazole rings is 1. The fraction of sp³-hybridized carbons (Fsp3) is 0.467. The van der Waals surface area contributed by atoms with Crippen LogP contribution in [0.4, 0.5) is 0 Å². The number of nitrogens with zero attached hydrogens (tertiary/aromatic N) is 2. The molecule has 1 heterocycles. The van der Waals surface area contributed by atoms with E-state index >= 15 is 0 Å². The van der Waals surface area contributed by atoms with Crippen LogP contribution in [0.5, 0.6) is 0 Å². The normalized spacial score (nSPS) is 12.9. The first-order chi connectivity index (χ1) is 8.90. The number of aryl methyl sites for hydroxylation is 2. The fourth-order valence-electron chi connectivity index (χ4n) is 2.04. The predicted octanol–water partition coefficient (Wildman–Crippen LogP) is 3.17. The van der Waals surface area contributed by atoms with Gasteiger partial charge in [0.05, 0.1) is 23.5 Å². The number of benzene rings is 1. The van der Waals surface area contributed by atoms with Crippen LogP contribution in [-0.2, 0) is 9.53 Å². The number of hydrogen-bond acceptors (Lipinski definition) is 3. The summed E-state index contributed by atoms with van der Waals surface area (Å²) in [6.07, 6.45) is 1.60. The van der Waals surface area contributed by atoms with Crippen LogP contribution >= 0.6 is 0 Å². The number of rotatable bonds is 3. The molecule has 0 unspecified atom stereocenters. The van der Waals surface area contributed by atoms with Crippen LogP contribution < -0.4 is 0 Å². The van der Waals surface area contributed by atoms with Crippen molar-refractivity contribution in [2.24, 2.45) is 0 Å². The molecule has 19 heavy (non-hydrogen) atoms. The number of esters is 1.